The minimum absolute atomic E-state index is 0.181. The van der Waals surface area contributed by atoms with Crippen LogP contribution in [0.5, 0.6) is 0 Å². The molecule has 3 nitrogen and oxygen atoms in total. The van der Waals surface area contributed by atoms with E-state index in [4.69, 9.17) is 13.6 Å². The first kappa shape index (κ1) is 23.4. The summed E-state index contributed by atoms with van der Waals surface area (Å²) >= 11 is 0. The fourth-order valence-electron chi connectivity index (χ4n) is 3.99. The molecule has 0 N–H and O–H groups in total. The highest BCUT2D eigenvalue weighted by Gasteiger charge is 2.53. The van der Waals surface area contributed by atoms with Gasteiger partial charge in [-0.1, -0.05) is 112 Å². The van der Waals surface area contributed by atoms with E-state index in [2.05, 4.69) is 76.2 Å². The first-order valence-corrected chi connectivity index (χ1v) is 12.7. The molecule has 0 fully saturated rings. The summed E-state index contributed by atoms with van der Waals surface area (Å²) < 4.78 is 19.7. The predicted octanol–water partition coefficient (Wildman–Crippen LogP) is 6.15. The zero-order valence-electron chi connectivity index (χ0n) is 19.2. The third-order valence-corrected chi connectivity index (χ3v) is 9.91. The lowest BCUT2D eigenvalue weighted by Crippen LogP contribution is -2.62. The molecule has 0 aliphatic carbocycles. The lowest BCUT2D eigenvalue weighted by atomic mass is 10.1. The Morgan fingerprint density at radius 1 is 0.774 bits per heavy atom. The summed E-state index contributed by atoms with van der Waals surface area (Å²) in [6.07, 6.45) is -0.367. The fourth-order valence-corrected chi connectivity index (χ4v) is 7.67. The van der Waals surface area contributed by atoms with Crippen molar-refractivity contribution in [2.24, 2.45) is 0 Å². The van der Waals surface area contributed by atoms with Crippen LogP contribution in [0.1, 0.15) is 44.9 Å². The number of ether oxygens (including phenoxy) is 1. The van der Waals surface area contributed by atoms with Gasteiger partial charge in [0.15, 0.2) is 0 Å². The largest absolute Gasteiger partial charge is 0.386 e. The molecule has 0 aromatic heterocycles. The van der Waals surface area contributed by atoms with Crippen molar-refractivity contribution in [2.45, 2.75) is 51.5 Å². The molecule has 1 unspecified atom stereocenters. The Morgan fingerprint density at radius 3 is 1.81 bits per heavy atom. The van der Waals surface area contributed by atoms with Crippen LogP contribution >= 0.6 is 0 Å². The Bertz CT molecular complexity index is 909. The van der Waals surface area contributed by atoms with E-state index in [0.717, 1.165) is 16.3 Å². The molecule has 0 saturated carbocycles. The lowest BCUT2D eigenvalue weighted by molar-refractivity contribution is -0.0135. The third kappa shape index (κ3) is 5.52. The van der Waals surface area contributed by atoms with Gasteiger partial charge in [0.2, 0.25) is 0 Å². The summed E-state index contributed by atoms with van der Waals surface area (Å²) in [5, 5.41) is 0.931. The number of benzene rings is 3. The van der Waals surface area contributed by atoms with Crippen molar-refractivity contribution < 1.29 is 13.6 Å². The van der Waals surface area contributed by atoms with Crippen LogP contribution in [0.4, 0.5) is 0 Å². The van der Waals surface area contributed by atoms with Gasteiger partial charge in [0.1, 0.15) is 6.10 Å². The average molecular weight is 435 g/mol. The van der Waals surface area contributed by atoms with Crippen LogP contribution in [0.2, 0.25) is 5.04 Å². The van der Waals surface area contributed by atoms with Gasteiger partial charge in [-0.15, -0.1) is 0 Å². The molecule has 0 aliphatic heterocycles. The van der Waals surface area contributed by atoms with Crippen LogP contribution in [-0.4, -0.2) is 21.8 Å². The molecule has 3 rings (SSSR count). The van der Waals surface area contributed by atoms with Gasteiger partial charge in [-0.25, -0.2) is 0 Å². The van der Waals surface area contributed by atoms with Gasteiger partial charge < -0.3 is 13.6 Å². The highest BCUT2D eigenvalue weighted by Crippen LogP contribution is 2.40. The standard InChI is InChI=1S/C27H34O3Si/c1-22(26(28-5)24-17-11-7-12-18-24)30-31(27(2,3)4,25-19-13-8-14-20-25)29-21-23-15-9-6-10-16-23/h6-20,22,26H,21H2,1-5H3/t22-,26+,31?/m0/s1. The first-order chi connectivity index (χ1) is 14.9. The molecule has 0 aliphatic rings. The molecule has 4 heteroatoms. The van der Waals surface area contributed by atoms with E-state index in [1.54, 1.807) is 7.11 Å². The van der Waals surface area contributed by atoms with Crippen LogP contribution in [0.25, 0.3) is 0 Å². The van der Waals surface area contributed by atoms with Crippen LogP contribution in [-0.2, 0) is 20.2 Å². The number of hydrogen-bond donors (Lipinski definition) is 0. The molecular formula is C27H34O3Si. The summed E-state index contributed by atoms with van der Waals surface area (Å²) in [4.78, 5) is 0. The van der Waals surface area contributed by atoms with E-state index >= 15 is 0 Å². The van der Waals surface area contributed by atoms with Crippen molar-refractivity contribution in [1.82, 2.24) is 0 Å². The fraction of sp³-hybridized carbons (Fsp3) is 0.333. The Kier molecular flexibility index (Phi) is 7.84. The second-order valence-electron chi connectivity index (χ2n) is 8.90. The third-order valence-electron chi connectivity index (χ3n) is 5.59. The first-order valence-electron chi connectivity index (χ1n) is 10.9. The topological polar surface area (TPSA) is 27.7 Å². The maximum absolute atomic E-state index is 7.01. The Hall–Kier alpha value is -2.24. The maximum atomic E-state index is 7.01. The SMILES string of the molecule is CO[C@@H](c1ccccc1)[C@H](C)O[Si](OCc1ccccc1)(c1ccccc1)C(C)(C)C. The molecule has 3 atom stereocenters. The molecule has 0 amide bonds. The molecule has 164 valence electrons. The zero-order chi connectivity index (χ0) is 22.3. The molecule has 0 spiro atoms. The minimum atomic E-state index is -2.91. The van der Waals surface area contributed by atoms with E-state index in [-0.39, 0.29) is 17.2 Å². The van der Waals surface area contributed by atoms with E-state index in [1.807, 2.05) is 42.5 Å². The molecule has 0 saturated heterocycles. The van der Waals surface area contributed by atoms with Gasteiger partial charge in [-0.2, -0.15) is 0 Å². The van der Waals surface area contributed by atoms with Crippen molar-refractivity contribution >= 4 is 13.7 Å². The van der Waals surface area contributed by atoms with Crippen molar-refractivity contribution in [3.63, 3.8) is 0 Å². The van der Waals surface area contributed by atoms with Gasteiger partial charge in [0.25, 0.3) is 0 Å². The quantitative estimate of drug-likeness (QED) is 0.378. The van der Waals surface area contributed by atoms with E-state index in [1.165, 1.54) is 0 Å². The second kappa shape index (κ2) is 10.4. The zero-order valence-corrected chi connectivity index (χ0v) is 20.2. The average Bonchev–Trinajstić information content (AvgIpc) is 2.78. The van der Waals surface area contributed by atoms with Gasteiger partial charge in [0, 0.05) is 12.1 Å². The van der Waals surface area contributed by atoms with Crippen LogP contribution in [0, 0.1) is 0 Å². The monoisotopic (exact) mass is 434 g/mol. The highest BCUT2D eigenvalue weighted by molar-refractivity contribution is 6.83. The predicted molar refractivity (Wildman–Crippen MR) is 130 cm³/mol. The number of hydrogen-bond acceptors (Lipinski definition) is 3. The second-order valence-corrected chi connectivity index (χ2v) is 12.7. The maximum Gasteiger partial charge on any atom is 0.378 e. The van der Waals surface area contributed by atoms with Crippen molar-refractivity contribution in [2.75, 3.05) is 7.11 Å². The van der Waals surface area contributed by atoms with E-state index < -0.39 is 8.56 Å². The Labute approximate surface area is 188 Å². The molecule has 0 bridgehead atoms. The normalized spacial score (nSPS) is 15.8. The molecule has 31 heavy (non-hydrogen) atoms. The summed E-state index contributed by atoms with van der Waals surface area (Å²) in [7, 11) is -1.17. The molecule has 0 radical (unpaired) electrons. The van der Waals surface area contributed by atoms with Crippen molar-refractivity contribution in [1.29, 1.82) is 0 Å². The van der Waals surface area contributed by atoms with E-state index in [0.29, 0.717) is 6.61 Å². The summed E-state index contributed by atoms with van der Waals surface area (Å²) in [5.41, 5.74) is 2.24. The van der Waals surface area contributed by atoms with Gasteiger partial charge in [-0.3, -0.25) is 0 Å². The molecule has 0 heterocycles. The summed E-state index contributed by atoms with van der Waals surface area (Å²) in [6, 6.07) is 31.0. The Balaban J connectivity index is 1.99. The Morgan fingerprint density at radius 2 is 1.29 bits per heavy atom. The van der Waals surface area contributed by atoms with Gasteiger partial charge in [-0.05, 0) is 23.2 Å². The lowest BCUT2D eigenvalue weighted by Gasteiger charge is -2.44. The number of methoxy groups -OCH3 is 1. The van der Waals surface area contributed by atoms with Crippen molar-refractivity contribution in [3.8, 4) is 0 Å². The smallest absolute Gasteiger partial charge is 0.378 e. The van der Waals surface area contributed by atoms with Crippen molar-refractivity contribution in [3.05, 3.63) is 102 Å². The van der Waals surface area contributed by atoms with Gasteiger partial charge in [0.05, 0.1) is 12.7 Å². The number of rotatable bonds is 9. The summed E-state index contributed by atoms with van der Waals surface area (Å²) in [5.74, 6) is 0. The van der Waals surface area contributed by atoms with Gasteiger partial charge >= 0.3 is 8.56 Å². The molecule has 3 aromatic rings. The van der Waals surface area contributed by atoms with Crippen LogP contribution in [0.3, 0.4) is 0 Å². The van der Waals surface area contributed by atoms with Crippen LogP contribution in [0.15, 0.2) is 91.0 Å². The minimum Gasteiger partial charge on any atom is -0.386 e. The van der Waals surface area contributed by atoms with E-state index in [9.17, 15) is 0 Å². The molecule has 3 aromatic carbocycles. The van der Waals surface area contributed by atoms with Crippen LogP contribution < -0.4 is 5.19 Å². The molecular weight excluding hydrogens is 400 g/mol. The highest BCUT2D eigenvalue weighted by atomic mass is 28.4. The summed E-state index contributed by atoms with van der Waals surface area (Å²) in [6.45, 7) is 9.25.